The second-order valence-electron chi connectivity index (χ2n) is 4.88. The second kappa shape index (κ2) is 5.54. The molecular weight excluding hydrogens is 282 g/mol. The Labute approximate surface area is 126 Å². The number of amides is 1. The van der Waals surface area contributed by atoms with Crippen molar-refractivity contribution in [3.05, 3.63) is 48.0 Å². The van der Waals surface area contributed by atoms with E-state index < -0.39 is 0 Å². The van der Waals surface area contributed by atoms with Gasteiger partial charge in [0.2, 0.25) is 5.91 Å². The van der Waals surface area contributed by atoms with Crippen molar-refractivity contribution in [1.29, 1.82) is 0 Å². The highest BCUT2D eigenvalue weighted by Gasteiger charge is 2.05. The molecule has 0 fully saturated rings. The van der Waals surface area contributed by atoms with Gasteiger partial charge in [-0.25, -0.2) is 4.98 Å². The summed E-state index contributed by atoms with van der Waals surface area (Å²) in [6.45, 7) is 3.55. The van der Waals surface area contributed by atoms with Crippen LogP contribution in [0.3, 0.4) is 0 Å². The number of anilines is 3. The third-order valence-electron chi connectivity index (χ3n) is 2.98. The van der Waals surface area contributed by atoms with Crippen molar-refractivity contribution in [3.63, 3.8) is 0 Å². The zero-order valence-corrected chi connectivity index (χ0v) is 12.6. The molecule has 0 spiro atoms. The molecule has 0 saturated carbocycles. The van der Waals surface area contributed by atoms with Crippen LogP contribution in [0, 0.1) is 6.92 Å². The van der Waals surface area contributed by atoms with Gasteiger partial charge in [-0.15, -0.1) is 0 Å². The van der Waals surface area contributed by atoms with Gasteiger partial charge in [-0.2, -0.15) is 0 Å². The van der Waals surface area contributed by atoms with Crippen LogP contribution in [0.5, 0.6) is 0 Å². The predicted octanol–water partition coefficient (Wildman–Crippen LogP) is 4.31. The molecule has 106 valence electrons. The first-order chi connectivity index (χ1) is 10.1. The van der Waals surface area contributed by atoms with Gasteiger partial charge >= 0.3 is 0 Å². The molecule has 0 aliphatic heterocycles. The van der Waals surface area contributed by atoms with Crippen LogP contribution in [0.15, 0.2) is 42.5 Å². The lowest BCUT2D eigenvalue weighted by molar-refractivity contribution is -0.114. The molecule has 3 aromatic rings. The second-order valence-corrected chi connectivity index (χ2v) is 5.91. The van der Waals surface area contributed by atoms with E-state index in [0.29, 0.717) is 0 Å². The fourth-order valence-corrected chi connectivity index (χ4v) is 2.96. The Morgan fingerprint density at radius 1 is 1.14 bits per heavy atom. The van der Waals surface area contributed by atoms with Gasteiger partial charge < -0.3 is 10.6 Å². The molecule has 0 aliphatic carbocycles. The molecule has 0 aliphatic rings. The van der Waals surface area contributed by atoms with E-state index in [9.17, 15) is 4.79 Å². The summed E-state index contributed by atoms with van der Waals surface area (Å²) in [5, 5.41) is 6.89. The number of benzene rings is 2. The van der Waals surface area contributed by atoms with Crippen LogP contribution < -0.4 is 10.6 Å². The topological polar surface area (TPSA) is 54.0 Å². The SMILES string of the molecule is CC(=O)Nc1cccc(Nc2nc3cc(C)ccc3s2)c1. The van der Waals surface area contributed by atoms with Gasteiger partial charge in [0.25, 0.3) is 0 Å². The van der Waals surface area contributed by atoms with E-state index in [2.05, 4.69) is 40.7 Å². The van der Waals surface area contributed by atoms with E-state index in [1.165, 1.54) is 12.5 Å². The first-order valence-electron chi connectivity index (χ1n) is 6.62. The maximum atomic E-state index is 11.1. The van der Waals surface area contributed by atoms with Crippen molar-refractivity contribution in [3.8, 4) is 0 Å². The Morgan fingerprint density at radius 2 is 1.95 bits per heavy atom. The van der Waals surface area contributed by atoms with Crippen molar-refractivity contribution in [2.75, 3.05) is 10.6 Å². The van der Waals surface area contributed by atoms with Crippen LogP contribution in [0.25, 0.3) is 10.2 Å². The first-order valence-corrected chi connectivity index (χ1v) is 7.44. The van der Waals surface area contributed by atoms with Crippen molar-refractivity contribution in [2.45, 2.75) is 13.8 Å². The number of nitrogens with one attached hydrogen (secondary N) is 2. The maximum absolute atomic E-state index is 11.1. The maximum Gasteiger partial charge on any atom is 0.221 e. The normalized spacial score (nSPS) is 10.6. The van der Waals surface area contributed by atoms with Gasteiger partial charge in [-0.1, -0.05) is 23.5 Å². The zero-order chi connectivity index (χ0) is 14.8. The van der Waals surface area contributed by atoms with Crippen molar-refractivity contribution in [1.82, 2.24) is 4.98 Å². The molecule has 0 atom stereocenters. The van der Waals surface area contributed by atoms with Crippen LogP contribution in [0.1, 0.15) is 12.5 Å². The smallest absolute Gasteiger partial charge is 0.221 e. The summed E-state index contributed by atoms with van der Waals surface area (Å²) in [4.78, 5) is 15.7. The van der Waals surface area contributed by atoms with Crippen LogP contribution in [-0.4, -0.2) is 10.9 Å². The monoisotopic (exact) mass is 297 g/mol. The average molecular weight is 297 g/mol. The van der Waals surface area contributed by atoms with Crippen molar-refractivity contribution >= 4 is 44.0 Å². The van der Waals surface area contributed by atoms with Gasteiger partial charge in [-0.05, 0) is 42.8 Å². The predicted molar refractivity (Wildman–Crippen MR) is 88.4 cm³/mol. The minimum absolute atomic E-state index is 0.0809. The summed E-state index contributed by atoms with van der Waals surface area (Å²) in [5.74, 6) is -0.0809. The average Bonchev–Trinajstić information content (AvgIpc) is 2.79. The summed E-state index contributed by atoms with van der Waals surface area (Å²) < 4.78 is 1.15. The minimum atomic E-state index is -0.0809. The van der Waals surface area contributed by atoms with E-state index in [-0.39, 0.29) is 5.91 Å². The molecule has 0 saturated heterocycles. The third-order valence-corrected chi connectivity index (χ3v) is 3.93. The van der Waals surface area contributed by atoms with Crippen molar-refractivity contribution < 1.29 is 4.79 Å². The Bertz CT molecular complexity index is 810. The lowest BCUT2D eigenvalue weighted by Crippen LogP contribution is -2.05. The molecule has 0 radical (unpaired) electrons. The molecule has 2 N–H and O–H groups in total. The van der Waals surface area contributed by atoms with Crippen LogP contribution in [-0.2, 0) is 4.79 Å². The fourth-order valence-electron chi connectivity index (χ4n) is 2.09. The Hall–Kier alpha value is -2.40. The van der Waals surface area contributed by atoms with Gasteiger partial charge in [0.1, 0.15) is 0 Å². The molecule has 1 aromatic heterocycles. The number of fused-ring (bicyclic) bond motifs is 1. The summed E-state index contributed by atoms with van der Waals surface area (Å²) in [6, 6.07) is 13.8. The van der Waals surface area contributed by atoms with E-state index in [1.807, 2.05) is 24.3 Å². The quantitative estimate of drug-likeness (QED) is 0.757. The number of hydrogen-bond donors (Lipinski definition) is 2. The highest BCUT2D eigenvalue weighted by atomic mass is 32.1. The highest BCUT2D eigenvalue weighted by molar-refractivity contribution is 7.22. The van der Waals surface area contributed by atoms with E-state index >= 15 is 0 Å². The molecule has 21 heavy (non-hydrogen) atoms. The number of hydrogen-bond acceptors (Lipinski definition) is 4. The lowest BCUT2D eigenvalue weighted by Gasteiger charge is -2.06. The van der Waals surface area contributed by atoms with Crippen LogP contribution in [0.2, 0.25) is 0 Å². The Balaban J connectivity index is 1.86. The fraction of sp³-hybridized carbons (Fsp3) is 0.125. The molecule has 4 nitrogen and oxygen atoms in total. The van der Waals surface area contributed by atoms with Crippen molar-refractivity contribution in [2.24, 2.45) is 0 Å². The number of aryl methyl sites for hydroxylation is 1. The van der Waals surface area contributed by atoms with Gasteiger partial charge in [0.05, 0.1) is 10.2 Å². The molecule has 1 heterocycles. The number of nitrogens with zero attached hydrogens (tertiary/aromatic N) is 1. The summed E-state index contributed by atoms with van der Waals surface area (Å²) >= 11 is 1.61. The summed E-state index contributed by atoms with van der Waals surface area (Å²) in [5.41, 5.74) is 3.87. The standard InChI is InChI=1S/C16H15N3OS/c1-10-6-7-15-14(8-10)19-16(21-15)18-13-5-3-4-12(9-13)17-11(2)20/h3-9H,1-2H3,(H,17,20)(H,18,19). The largest absolute Gasteiger partial charge is 0.331 e. The Morgan fingerprint density at radius 3 is 2.76 bits per heavy atom. The molecule has 1 amide bonds. The lowest BCUT2D eigenvalue weighted by atomic mass is 10.2. The number of carbonyl (C=O) groups excluding carboxylic acids is 1. The first kappa shape index (κ1) is 13.6. The van der Waals surface area contributed by atoms with Crippen LogP contribution >= 0.6 is 11.3 Å². The van der Waals surface area contributed by atoms with E-state index in [1.54, 1.807) is 11.3 Å². The van der Waals surface area contributed by atoms with Gasteiger partial charge in [-0.3, -0.25) is 4.79 Å². The van der Waals surface area contributed by atoms with E-state index in [4.69, 9.17) is 0 Å². The molecule has 0 bridgehead atoms. The molecule has 2 aromatic carbocycles. The van der Waals surface area contributed by atoms with Crippen LogP contribution in [0.4, 0.5) is 16.5 Å². The van der Waals surface area contributed by atoms with Gasteiger partial charge in [0, 0.05) is 18.3 Å². The number of aromatic nitrogens is 1. The number of thiazole rings is 1. The molecule has 3 rings (SSSR count). The minimum Gasteiger partial charge on any atom is -0.331 e. The number of carbonyl (C=O) groups is 1. The summed E-state index contributed by atoms with van der Waals surface area (Å²) in [6.07, 6.45) is 0. The van der Waals surface area contributed by atoms with Gasteiger partial charge in [0.15, 0.2) is 5.13 Å². The highest BCUT2D eigenvalue weighted by Crippen LogP contribution is 2.29. The third kappa shape index (κ3) is 3.20. The zero-order valence-electron chi connectivity index (χ0n) is 11.8. The Kier molecular flexibility index (Phi) is 3.58. The number of rotatable bonds is 3. The van der Waals surface area contributed by atoms with E-state index in [0.717, 1.165) is 26.7 Å². The molecule has 5 heteroatoms. The molecule has 0 unspecified atom stereocenters. The molecular formula is C16H15N3OS. The summed E-state index contributed by atoms with van der Waals surface area (Å²) in [7, 11) is 0.